The SMILES string of the molecule is [C-]#[N+]c1cc2cccnc2cc1-c1c(Br)cnn1C. The first-order valence-corrected chi connectivity index (χ1v) is 6.44. The maximum Gasteiger partial charge on any atom is 0.197 e. The Balaban J connectivity index is 2.38. The molecule has 1 aromatic carbocycles. The van der Waals surface area contributed by atoms with Crippen LogP contribution >= 0.6 is 15.9 Å². The van der Waals surface area contributed by atoms with E-state index in [9.17, 15) is 0 Å². The Morgan fingerprint density at radius 1 is 1.37 bits per heavy atom. The lowest BCUT2D eigenvalue weighted by molar-refractivity contribution is 0.776. The number of benzene rings is 1. The number of nitrogens with zero attached hydrogens (tertiary/aromatic N) is 4. The third kappa shape index (κ3) is 1.90. The Kier molecular flexibility index (Phi) is 2.80. The number of pyridine rings is 1. The second kappa shape index (κ2) is 4.48. The predicted molar refractivity (Wildman–Crippen MR) is 77.9 cm³/mol. The van der Waals surface area contributed by atoms with Crippen molar-refractivity contribution in [3.8, 4) is 11.3 Å². The van der Waals surface area contributed by atoms with Gasteiger partial charge in [0.25, 0.3) is 0 Å². The smallest absolute Gasteiger partial charge is 0.197 e. The summed E-state index contributed by atoms with van der Waals surface area (Å²) < 4.78 is 2.62. The van der Waals surface area contributed by atoms with E-state index in [1.54, 1.807) is 17.1 Å². The molecule has 0 N–H and O–H groups in total. The molecule has 5 heteroatoms. The second-order valence-electron chi connectivity index (χ2n) is 4.14. The zero-order valence-corrected chi connectivity index (χ0v) is 11.7. The van der Waals surface area contributed by atoms with Crippen LogP contribution in [0.4, 0.5) is 5.69 Å². The number of aryl methyl sites for hydroxylation is 1. The topological polar surface area (TPSA) is 35.1 Å². The van der Waals surface area contributed by atoms with Crippen LogP contribution in [0, 0.1) is 6.57 Å². The van der Waals surface area contributed by atoms with Crippen molar-refractivity contribution in [2.45, 2.75) is 0 Å². The summed E-state index contributed by atoms with van der Waals surface area (Å²) in [7, 11) is 1.86. The van der Waals surface area contributed by atoms with Crippen molar-refractivity contribution < 1.29 is 0 Å². The number of aromatic nitrogens is 3. The summed E-state index contributed by atoms with van der Waals surface area (Å²) in [6.45, 7) is 7.36. The fourth-order valence-electron chi connectivity index (χ4n) is 2.10. The third-order valence-corrected chi connectivity index (χ3v) is 3.57. The van der Waals surface area contributed by atoms with Gasteiger partial charge in [0.05, 0.1) is 28.5 Å². The first-order chi connectivity index (χ1) is 9.20. The fraction of sp³-hybridized carbons (Fsp3) is 0.0714. The van der Waals surface area contributed by atoms with Crippen LogP contribution < -0.4 is 0 Å². The van der Waals surface area contributed by atoms with Crippen LogP contribution in [0.3, 0.4) is 0 Å². The Labute approximate surface area is 118 Å². The molecule has 0 aliphatic carbocycles. The van der Waals surface area contributed by atoms with Crippen molar-refractivity contribution >= 4 is 32.5 Å². The van der Waals surface area contributed by atoms with Crippen LogP contribution in [0.5, 0.6) is 0 Å². The second-order valence-corrected chi connectivity index (χ2v) is 5.00. The van der Waals surface area contributed by atoms with Gasteiger partial charge in [0.1, 0.15) is 0 Å². The van der Waals surface area contributed by atoms with E-state index in [0.29, 0.717) is 5.69 Å². The molecule has 0 aliphatic heterocycles. The maximum atomic E-state index is 7.36. The Hall–Kier alpha value is -2.19. The molecule has 0 unspecified atom stereocenters. The van der Waals surface area contributed by atoms with Crippen LogP contribution in [-0.4, -0.2) is 14.8 Å². The molecule has 0 radical (unpaired) electrons. The Bertz CT molecular complexity index is 794. The van der Waals surface area contributed by atoms with Crippen molar-refractivity contribution in [3.05, 3.63) is 52.5 Å². The van der Waals surface area contributed by atoms with Gasteiger partial charge in [0.2, 0.25) is 0 Å². The molecule has 19 heavy (non-hydrogen) atoms. The molecular formula is C14H9BrN4. The molecule has 3 rings (SSSR count). The molecule has 0 fully saturated rings. The standard InChI is InChI=1S/C14H9BrN4/c1-16-13-6-9-4-3-5-17-12(9)7-10(13)14-11(15)8-18-19(14)2/h3-8H,2H3. The lowest BCUT2D eigenvalue weighted by Crippen LogP contribution is -1.94. The van der Waals surface area contributed by atoms with Gasteiger partial charge in [-0.15, -0.1) is 0 Å². The monoisotopic (exact) mass is 312 g/mol. The normalized spacial score (nSPS) is 10.6. The Morgan fingerprint density at radius 2 is 2.21 bits per heavy atom. The van der Waals surface area contributed by atoms with Gasteiger partial charge >= 0.3 is 0 Å². The zero-order valence-electron chi connectivity index (χ0n) is 10.1. The summed E-state index contributed by atoms with van der Waals surface area (Å²) in [4.78, 5) is 7.96. The summed E-state index contributed by atoms with van der Waals surface area (Å²) >= 11 is 3.47. The highest BCUT2D eigenvalue weighted by Crippen LogP contribution is 2.37. The van der Waals surface area contributed by atoms with E-state index in [2.05, 4.69) is 30.9 Å². The molecule has 3 aromatic rings. The van der Waals surface area contributed by atoms with Gasteiger partial charge in [0, 0.05) is 18.8 Å². The van der Waals surface area contributed by atoms with Gasteiger partial charge < -0.3 is 0 Å². The maximum absolute atomic E-state index is 7.36. The van der Waals surface area contributed by atoms with E-state index in [1.165, 1.54) is 0 Å². The lowest BCUT2D eigenvalue weighted by atomic mass is 10.1. The minimum absolute atomic E-state index is 0.602. The van der Waals surface area contributed by atoms with Crippen LogP contribution in [0.1, 0.15) is 0 Å². The first-order valence-electron chi connectivity index (χ1n) is 5.65. The summed E-state index contributed by atoms with van der Waals surface area (Å²) in [5, 5.41) is 5.16. The van der Waals surface area contributed by atoms with Gasteiger partial charge in [-0.3, -0.25) is 9.67 Å². The van der Waals surface area contributed by atoms with Crippen molar-refractivity contribution in [1.29, 1.82) is 0 Å². The molecule has 4 nitrogen and oxygen atoms in total. The highest BCUT2D eigenvalue weighted by Gasteiger charge is 2.14. The van der Waals surface area contributed by atoms with E-state index in [1.807, 2.05) is 31.3 Å². The number of halogens is 1. The van der Waals surface area contributed by atoms with E-state index in [-0.39, 0.29) is 0 Å². The molecule has 0 saturated heterocycles. The van der Waals surface area contributed by atoms with Crippen LogP contribution in [-0.2, 0) is 7.05 Å². The predicted octanol–water partition coefficient (Wildman–Crippen LogP) is 3.95. The highest BCUT2D eigenvalue weighted by molar-refractivity contribution is 9.10. The largest absolute Gasteiger partial charge is 0.268 e. The molecule has 0 saturated carbocycles. The molecule has 0 aliphatic rings. The fourth-order valence-corrected chi connectivity index (χ4v) is 2.67. The van der Waals surface area contributed by atoms with Gasteiger partial charge in [-0.05, 0) is 39.5 Å². The molecule has 92 valence electrons. The number of hydrogen-bond acceptors (Lipinski definition) is 2. The quantitative estimate of drug-likeness (QED) is 0.638. The minimum atomic E-state index is 0.602. The van der Waals surface area contributed by atoms with Gasteiger partial charge in [0.15, 0.2) is 5.69 Å². The Morgan fingerprint density at radius 3 is 2.89 bits per heavy atom. The minimum Gasteiger partial charge on any atom is -0.268 e. The summed E-state index contributed by atoms with van der Waals surface area (Å²) in [6, 6.07) is 7.63. The number of fused-ring (bicyclic) bond motifs is 1. The van der Waals surface area contributed by atoms with Crippen LogP contribution in [0.2, 0.25) is 0 Å². The van der Waals surface area contributed by atoms with Crippen molar-refractivity contribution in [2.75, 3.05) is 0 Å². The lowest BCUT2D eigenvalue weighted by Gasteiger charge is -2.07. The molecule has 0 spiro atoms. The average molecular weight is 313 g/mol. The summed E-state index contributed by atoms with van der Waals surface area (Å²) in [5.41, 5.74) is 3.20. The highest BCUT2D eigenvalue weighted by atomic mass is 79.9. The molecule has 0 amide bonds. The molecule has 0 bridgehead atoms. The van der Waals surface area contributed by atoms with Gasteiger partial charge in [-0.2, -0.15) is 5.10 Å². The van der Waals surface area contributed by atoms with Crippen LogP contribution in [0.15, 0.2) is 41.1 Å². The molecular weight excluding hydrogens is 304 g/mol. The van der Waals surface area contributed by atoms with E-state index >= 15 is 0 Å². The summed E-state index contributed by atoms with van der Waals surface area (Å²) in [5.74, 6) is 0. The van der Waals surface area contributed by atoms with Gasteiger partial charge in [-0.1, -0.05) is 6.07 Å². The molecule has 0 atom stereocenters. The van der Waals surface area contributed by atoms with E-state index in [4.69, 9.17) is 6.57 Å². The summed E-state index contributed by atoms with van der Waals surface area (Å²) in [6.07, 6.45) is 3.48. The molecule has 2 heterocycles. The first kappa shape index (κ1) is 11.9. The van der Waals surface area contributed by atoms with Crippen LogP contribution in [0.25, 0.3) is 27.0 Å². The molecule has 2 aromatic heterocycles. The van der Waals surface area contributed by atoms with Crippen molar-refractivity contribution in [3.63, 3.8) is 0 Å². The van der Waals surface area contributed by atoms with E-state index < -0.39 is 0 Å². The van der Waals surface area contributed by atoms with Gasteiger partial charge in [-0.25, -0.2) is 4.85 Å². The zero-order chi connectivity index (χ0) is 13.4. The number of rotatable bonds is 1. The average Bonchev–Trinajstić information content (AvgIpc) is 2.76. The van der Waals surface area contributed by atoms with Crippen molar-refractivity contribution in [1.82, 2.24) is 14.8 Å². The van der Waals surface area contributed by atoms with Crippen molar-refractivity contribution in [2.24, 2.45) is 7.05 Å². The third-order valence-electron chi connectivity index (χ3n) is 2.99. The number of hydrogen-bond donors (Lipinski definition) is 0. The van der Waals surface area contributed by atoms with E-state index in [0.717, 1.165) is 26.6 Å².